The molecule has 100 valence electrons. The van der Waals surface area contributed by atoms with E-state index >= 15 is 0 Å². The molecule has 0 aromatic rings. The highest BCUT2D eigenvalue weighted by Crippen LogP contribution is 2.27. The molecule has 0 saturated carbocycles. The number of carbonyl (C=O) groups excluding carboxylic acids is 1. The summed E-state index contributed by atoms with van der Waals surface area (Å²) in [6.45, 7) is 8.85. The van der Waals surface area contributed by atoms with Crippen molar-refractivity contribution in [3.05, 3.63) is 11.8 Å². The largest absolute Gasteiger partial charge is 0.498 e. The maximum absolute atomic E-state index is 11.9. The molecule has 0 radical (unpaired) electrons. The van der Waals surface area contributed by atoms with Gasteiger partial charge in [-0.1, -0.05) is 19.6 Å². The normalized spacial score (nSPS) is 24.1. The van der Waals surface area contributed by atoms with Crippen molar-refractivity contribution in [1.29, 1.82) is 0 Å². The van der Waals surface area contributed by atoms with Gasteiger partial charge in [-0.25, -0.2) is 0 Å². The fourth-order valence-corrected chi connectivity index (χ4v) is 2.35. The van der Waals surface area contributed by atoms with Crippen LogP contribution in [-0.4, -0.2) is 31.2 Å². The maximum atomic E-state index is 11.9. The Bertz CT molecular complexity index is 409. The van der Waals surface area contributed by atoms with Crippen molar-refractivity contribution in [3.8, 4) is 11.5 Å². The van der Waals surface area contributed by atoms with Crippen LogP contribution in [0.2, 0.25) is 19.6 Å². The first-order chi connectivity index (χ1) is 8.27. The van der Waals surface area contributed by atoms with Crippen LogP contribution >= 0.6 is 0 Å². The molecule has 1 atom stereocenters. The minimum Gasteiger partial charge on any atom is -0.498 e. The van der Waals surface area contributed by atoms with Gasteiger partial charge in [-0.2, -0.15) is 0 Å². The highest BCUT2D eigenvalue weighted by atomic mass is 28.3. The van der Waals surface area contributed by atoms with Crippen molar-refractivity contribution < 1.29 is 14.6 Å². The van der Waals surface area contributed by atoms with Crippen molar-refractivity contribution in [2.24, 2.45) is 0 Å². The number of aliphatic hydroxyl groups is 1. The smallest absolute Gasteiger partial charge is 0.191 e. The van der Waals surface area contributed by atoms with E-state index in [1.54, 1.807) is 0 Å². The first-order valence-corrected chi connectivity index (χ1v) is 9.87. The minimum absolute atomic E-state index is 0.228. The fourth-order valence-electron chi connectivity index (χ4n) is 1.74. The lowest BCUT2D eigenvalue weighted by Crippen LogP contribution is -2.40. The number of hydrogen-bond donors (Lipinski definition) is 1. The Hall–Kier alpha value is -1.05. The minimum atomic E-state index is -1.45. The standard InChI is InChI=1S/C14H22O3Si/c1-5-17-12-7-9-14(16,13(15)11-12)8-6-10-18(2,3)4/h11,16H,5,7-9H2,1-4H3/t14-/m1/s1. The number of allylic oxidation sites excluding steroid dienone is 1. The summed E-state index contributed by atoms with van der Waals surface area (Å²) in [6, 6.07) is 0. The number of ether oxygens (including phenoxy) is 1. The van der Waals surface area contributed by atoms with Gasteiger partial charge >= 0.3 is 0 Å². The third kappa shape index (κ3) is 4.32. The zero-order chi connectivity index (χ0) is 13.8. The van der Waals surface area contributed by atoms with E-state index in [-0.39, 0.29) is 12.2 Å². The Balaban J connectivity index is 2.71. The Kier molecular flexibility index (Phi) is 4.77. The third-order valence-electron chi connectivity index (χ3n) is 2.71. The van der Waals surface area contributed by atoms with Crippen molar-refractivity contribution in [2.75, 3.05) is 6.61 Å². The first kappa shape index (κ1) is 15.0. The lowest BCUT2D eigenvalue weighted by Gasteiger charge is -2.28. The van der Waals surface area contributed by atoms with E-state index in [1.165, 1.54) is 6.08 Å². The summed E-state index contributed by atoms with van der Waals surface area (Å²) < 4.78 is 5.31. The predicted octanol–water partition coefficient (Wildman–Crippen LogP) is 2.27. The van der Waals surface area contributed by atoms with Gasteiger partial charge in [-0.15, -0.1) is 11.5 Å². The number of hydrogen-bond acceptors (Lipinski definition) is 3. The molecule has 3 nitrogen and oxygen atoms in total. The highest BCUT2D eigenvalue weighted by Gasteiger charge is 2.37. The number of ketones is 1. The molecule has 1 rings (SSSR count). The molecule has 0 unspecified atom stereocenters. The summed E-state index contributed by atoms with van der Waals surface area (Å²) in [6.07, 6.45) is 2.65. The van der Waals surface area contributed by atoms with Crippen LogP contribution in [0.3, 0.4) is 0 Å². The molecule has 0 bridgehead atoms. The van der Waals surface area contributed by atoms with Crippen molar-refractivity contribution >= 4 is 13.9 Å². The highest BCUT2D eigenvalue weighted by molar-refractivity contribution is 6.83. The van der Waals surface area contributed by atoms with Crippen molar-refractivity contribution in [2.45, 2.75) is 51.4 Å². The van der Waals surface area contributed by atoms with E-state index in [1.807, 2.05) is 6.92 Å². The summed E-state index contributed by atoms with van der Waals surface area (Å²) in [5.74, 6) is 3.38. The van der Waals surface area contributed by atoms with E-state index in [9.17, 15) is 9.90 Å². The van der Waals surface area contributed by atoms with Gasteiger partial charge in [0.05, 0.1) is 12.4 Å². The van der Waals surface area contributed by atoms with Gasteiger partial charge in [0.25, 0.3) is 0 Å². The Morgan fingerprint density at radius 3 is 2.67 bits per heavy atom. The fraction of sp³-hybridized carbons (Fsp3) is 0.643. The molecule has 0 heterocycles. The lowest BCUT2D eigenvalue weighted by atomic mass is 9.85. The van der Waals surface area contributed by atoms with Crippen LogP contribution in [0.4, 0.5) is 0 Å². The Morgan fingerprint density at radius 1 is 1.50 bits per heavy atom. The van der Waals surface area contributed by atoms with Gasteiger partial charge in [0.15, 0.2) is 5.78 Å². The molecule has 0 aromatic heterocycles. The van der Waals surface area contributed by atoms with E-state index in [2.05, 4.69) is 31.1 Å². The van der Waals surface area contributed by atoms with Crippen LogP contribution in [0.25, 0.3) is 0 Å². The molecule has 0 saturated heterocycles. The summed E-state index contributed by atoms with van der Waals surface area (Å²) in [4.78, 5) is 11.9. The first-order valence-electron chi connectivity index (χ1n) is 6.37. The molecule has 1 aliphatic rings. The molecule has 0 amide bonds. The summed E-state index contributed by atoms with van der Waals surface area (Å²) in [7, 11) is -1.45. The van der Waals surface area contributed by atoms with E-state index in [4.69, 9.17) is 4.74 Å². The molecule has 0 spiro atoms. The quantitative estimate of drug-likeness (QED) is 0.629. The molecule has 0 aliphatic heterocycles. The van der Waals surface area contributed by atoms with Crippen LogP contribution in [-0.2, 0) is 9.53 Å². The SMILES string of the molecule is CCOC1=CC(=O)[C@@](O)(CC#C[Si](C)(C)C)CC1. The van der Waals surface area contributed by atoms with Crippen LogP contribution < -0.4 is 0 Å². The maximum Gasteiger partial charge on any atom is 0.191 e. The topological polar surface area (TPSA) is 46.5 Å². The molecule has 0 aromatic carbocycles. The van der Waals surface area contributed by atoms with Gasteiger partial charge in [-0.05, 0) is 13.3 Å². The van der Waals surface area contributed by atoms with Gasteiger partial charge in [-0.3, -0.25) is 4.79 Å². The molecule has 0 fully saturated rings. The number of rotatable bonds is 3. The molecule has 4 heteroatoms. The summed E-state index contributed by atoms with van der Waals surface area (Å²) in [5, 5.41) is 10.3. The Labute approximate surface area is 110 Å². The molecular weight excluding hydrogens is 244 g/mol. The van der Waals surface area contributed by atoms with Crippen molar-refractivity contribution in [3.63, 3.8) is 0 Å². The second-order valence-corrected chi connectivity index (χ2v) is 10.4. The van der Waals surface area contributed by atoms with E-state index in [0.29, 0.717) is 25.2 Å². The van der Waals surface area contributed by atoms with Gasteiger partial charge < -0.3 is 9.84 Å². The summed E-state index contributed by atoms with van der Waals surface area (Å²) in [5.41, 5.74) is 1.86. The van der Waals surface area contributed by atoms with Crippen LogP contribution in [0, 0.1) is 11.5 Å². The second kappa shape index (κ2) is 5.72. The molecular formula is C14H22O3Si. The van der Waals surface area contributed by atoms with E-state index in [0.717, 1.165) is 0 Å². The summed E-state index contributed by atoms with van der Waals surface area (Å²) >= 11 is 0. The van der Waals surface area contributed by atoms with Crippen LogP contribution in [0.1, 0.15) is 26.2 Å². The predicted molar refractivity (Wildman–Crippen MR) is 74.6 cm³/mol. The number of carbonyl (C=O) groups is 1. The second-order valence-electron chi connectivity index (χ2n) is 5.67. The monoisotopic (exact) mass is 266 g/mol. The van der Waals surface area contributed by atoms with E-state index < -0.39 is 13.7 Å². The molecule has 1 N–H and O–H groups in total. The van der Waals surface area contributed by atoms with Gasteiger partial charge in [0, 0.05) is 18.9 Å². The van der Waals surface area contributed by atoms with Crippen LogP contribution in [0.15, 0.2) is 11.8 Å². The lowest BCUT2D eigenvalue weighted by molar-refractivity contribution is -0.133. The molecule has 1 aliphatic carbocycles. The van der Waals surface area contributed by atoms with Gasteiger partial charge in [0.1, 0.15) is 13.7 Å². The zero-order valence-corrected chi connectivity index (χ0v) is 12.7. The third-order valence-corrected chi connectivity index (χ3v) is 3.64. The zero-order valence-electron chi connectivity index (χ0n) is 11.7. The van der Waals surface area contributed by atoms with Crippen LogP contribution in [0.5, 0.6) is 0 Å². The van der Waals surface area contributed by atoms with Crippen molar-refractivity contribution in [1.82, 2.24) is 0 Å². The molecule has 18 heavy (non-hydrogen) atoms. The average molecular weight is 266 g/mol. The Morgan fingerprint density at radius 2 is 2.17 bits per heavy atom. The van der Waals surface area contributed by atoms with Gasteiger partial charge in [0.2, 0.25) is 0 Å². The average Bonchev–Trinajstić information content (AvgIpc) is 2.23.